The summed E-state index contributed by atoms with van der Waals surface area (Å²) in [6.45, 7) is 8.62. The highest BCUT2D eigenvalue weighted by Gasteiger charge is 2.25. The van der Waals surface area contributed by atoms with Crippen LogP contribution in [0.5, 0.6) is 0 Å². The lowest BCUT2D eigenvalue weighted by molar-refractivity contribution is -0.137. The van der Waals surface area contributed by atoms with Crippen molar-refractivity contribution in [2.75, 3.05) is 13.1 Å². The molecule has 0 aromatic heterocycles. The summed E-state index contributed by atoms with van der Waals surface area (Å²) in [6.07, 6.45) is 6.77. The lowest BCUT2D eigenvalue weighted by Crippen LogP contribution is -2.41. The van der Waals surface area contributed by atoms with E-state index in [0.717, 1.165) is 44.7 Å². The van der Waals surface area contributed by atoms with Crippen LogP contribution in [-0.4, -0.2) is 23.9 Å². The SMILES string of the molecule is CCCC(CCC)C(=O)N1CCC(C)CC1. The van der Waals surface area contributed by atoms with E-state index in [4.69, 9.17) is 0 Å². The van der Waals surface area contributed by atoms with Crippen molar-refractivity contribution in [2.24, 2.45) is 11.8 Å². The Morgan fingerprint density at radius 2 is 1.69 bits per heavy atom. The van der Waals surface area contributed by atoms with Crippen molar-refractivity contribution in [3.05, 3.63) is 0 Å². The highest BCUT2D eigenvalue weighted by atomic mass is 16.2. The van der Waals surface area contributed by atoms with Gasteiger partial charge in [-0.2, -0.15) is 0 Å². The zero-order valence-electron chi connectivity index (χ0n) is 11.2. The number of piperidine rings is 1. The van der Waals surface area contributed by atoms with E-state index < -0.39 is 0 Å². The monoisotopic (exact) mass is 225 g/mol. The molecule has 0 aliphatic carbocycles. The van der Waals surface area contributed by atoms with Gasteiger partial charge < -0.3 is 4.90 Å². The maximum Gasteiger partial charge on any atom is 0.225 e. The maximum atomic E-state index is 12.3. The maximum absolute atomic E-state index is 12.3. The molecule has 1 fully saturated rings. The Morgan fingerprint density at radius 3 is 2.12 bits per heavy atom. The van der Waals surface area contributed by atoms with Crippen molar-refractivity contribution in [2.45, 2.75) is 59.3 Å². The molecule has 0 aromatic rings. The van der Waals surface area contributed by atoms with Crippen molar-refractivity contribution in [3.8, 4) is 0 Å². The number of carbonyl (C=O) groups is 1. The van der Waals surface area contributed by atoms with Gasteiger partial charge in [-0.3, -0.25) is 4.79 Å². The van der Waals surface area contributed by atoms with Gasteiger partial charge in [0.15, 0.2) is 0 Å². The molecule has 1 aliphatic rings. The molecule has 2 heteroatoms. The third-order valence-electron chi connectivity index (χ3n) is 3.72. The summed E-state index contributed by atoms with van der Waals surface area (Å²) < 4.78 is 0. The summed E-state index contributed by atoms with van der Waals surface area (Å²) in [6, 6.07) is 0. The Kier molecular flexibility index (Phi) is 5.86. The number of hydrogen-bond acceptors (Lipinski definition) is 1. The molecule has 0 saturated carbocycles. The third-order valence-corrected chi connectivity index (χ3v) is 3.72. The lowest BCUT2D eigenvalue weighted by Gasteiger charge is -2.33. The molecule has 0 unspecified atom stereocenters. The van der Waals surface area contributed by atoms with Crippen LogP contribution in [0, 0.1) is 11.8 Å². The van der Waals surface area contributed by atoms with Gasteiger partial charge in [-0.15, -0.1) is 0 Å². The van der Waals surface area contributed by atoms with Crippen LogP contribution in [0.2, 0.25) is 0 Å². The van der Waals surface area contributed by atoms with Gasteiger partial charge in [0.25, 0.3) is 0 Å². The molecule has 0 bridgehead atoms. The van der Waals surface area contributed by atoms with Crippen LogP contribution >= 0.6 is 0 Å². The van der Waals surface area contributed by atoms with E-state index in [-0.39, 0.29) is 0 Å². The highest BCUT2D eigenvalue weighted by molar-refractivity contribution is 5.78. The quantitative estimate of drug-likeness (QED) is 0.701. The molecule has 0 spiro atoms. The molecule has 16 heavy (non-hydrogen) atoms. The average Bonchev–Trinajstić information content (AvgIpc) is 2.29. The molecule has 1 aliphatic heterocycles. The first-order chi connectivity index (χ1) is 7.69. The molecule has 1 rings (SSSR count). The van der Waals surface area contributed by atoms with E-state index in [2.05, 4.69) is 25.7 Å². The number of rotatable bonds is 5. The Labute approximate surface area is 100 Å². The molecule has 2 nitrogen and oxygen atoms in total. The fourth-order valence-electron chi connectivity index (χ4n) is 2.58. The van der Waals surface area contributed by atoms with Crippen LogP contribution < -0.4 is 0 Å². The minimum Gasteiger partial charge on any atom is -0.342 e. The van der Waals surface area contributed by atoms with Crippen LogP contribution in [0.15, 0.2) is 0 Å². The lowest BCUT2D eigenvalue weighted by atomic mass is 9.93. The molecule has 1 amide bonds. The summed E-state index contributed by atoms with van der Waals surface area (Å²) in [5.41, 5.74) is 0. The largest absolute Gasteiger partial charge is 0.342 e. The first kappa shape index (κ1) is 13.5. The Hall–Kier alpha value is -0.530. The molecule has 0 radical (unpaired) electrons. The van der Waals surface area contributed by atoms with E-state index in [1.165, 1.54) is 12.8 Å². The summed E-state index contributed by atoms with van der Waals surface area (Å²) in [4.78, 5) is 14.4. The summed E-state index contributed by atoms with van der Waals surface area (Å²) in [7, 11) is 0. The standard InChI is InChI=1S/C14H27NO/c1-4-6-13(7-5-2)14(16)15-10-8-12(3)9-11-15/h12-13H,4-11H2,1-3H3. The van der Waals surface area contributed by atoms with Crippen molar-refractivity contribution in [3.63, 3.8) is 0 Å². The van der Waals surface area contributed by atoms with Gasteiger partial charge in [-0.05, 0) is 31.6 Å². The van der Waals surface area contributed by atoms with Crippen LogP contribution in [0.1, 0.15) is 59.3 Å². The van der Waals surface area contributed by atoms with Crippen molar-refractivity contribution < 1.29 is 4.79 Å². The van der Waals surface area contributed by atoms with Crippen LogP contribution in [0.3, 0.4) is 0 Å². The fourth-order valence-corrected chi connectivity index (χ4v) is 2.58. The minimum atomic E-state index is 0.295. The number of nitrogens with zero attached hydrogens (tertiary/aromatic N) is 1. The van der Waals surface area contributed by atoms with Crippen LogP contribution in [0.25, 0.3) is 0 Å². The molecule has 94 valence electrons. The van der Waals surface area contributed by atoms with E-state index in [9.17, 15) is 4.79 Å². The number of likely N-dealkylation sites (tertiary alicyclic amines) is 1. The van der Waals surface area contributed by atoms with E-state index in [1.807, 2.05) is 0 Å². The van der Waals surface area contributed by atoms with Crippen LogP contribution in [0.4, 0.5) is 0 Å². The smallest absolute Gasteiger partial charge is 0.225 e. The molecule has 0 atom stereocenters. The first-order valence-corrected chi connectivity index (χ1v) is 6.97. The van der Waals surface area contributed by atoms with Gasteiger partial charge >= 0.3 is 0 Å². The predicted molar refractivity (Wildman–Crippen MR) is 68.3 cm³/mol. The molecular formula is C14H27NO. The molecule has 0 N–H and O–H groups in total. The molecule has 0 aromatic carbocycles. The zero-order chi connectivity index (χ0) is 12.0. The average molecular weight is 225 g/mol. The fraction of sp³-hybridized carbons (Fsp3) is 0.929. The van der Waals surface area contributed by atoms with Gasteiger partial charge in [0.2, 0.25) is 5.91 Å². The number of carbonyl (C=O) groups excluding carboxylic acids is 1. The number of hydrogen-bond donors (Lipinski definition) is 0. The second-order valence-corrected chi connectivity index (χ2v) is 5.28. The molecule has 1 heterocycles. The molecule has 1 saturated heterocycles. The van der Waals surface area contributed by atoms with E-state index in [1.54, 1.807) is 0 Å². The van der Waals surface area contributed by atoms with Gasteiger partial charge in [0, 0.05) is 19.0 Å². The van der Waals surface area contributed by atoms with Crippen molar-refractivity contribution in [1.29, 1.82) is 0 Å². The van der Waals surface area contributed by atoms with Crippen LogP contribution in [-0.2, 0) is 4.79 Å². The Bertz CT molecular complexity index is 201. The first-order valence-electron chi connectivity index (χ1n) is 6.97. The van der Waals surface area contributed by atoms with E-state index in [0.29, 0.717) is 11.8 Å². The normalized spacial score (nSPS) is 18.1. The number of amides is 1. The minimum absolute atomic E-state index is 0.295. The Balaban J connectivity index is 2.46. The molecular weight excluding hydrogens is 198 g/mol. The van der Waals surface area contributed by atoms with Gasteiger partial charge in [0.05, 0.1) is 0 Å². The Morgan fingerprint density at radius 1 is 1.19 bits per heavy atom. The topological polar surface area (TPSA) is 20.3 Å². The second-order valence-electron chi connectivity index (χ2n) is 5.28. The zero-order valence-corrected chi connectivity index (χ0v) is 11.2. The third kappa shape index (κ3) is 3.80. The van der Waals surface area contributed by atoms with Gasteiger partial charge in [0.1, 0.15) is 0 Å². The van der Waals surface area contributed by atoms with Gasteiger partial charge in [-0.25, -0.2) is 0 Å². The van der Waals surface area contributed by atoms with Crippen molar-refractivity contribution >= 4 is 5.91 Å². The van der Waals surface area contributed by atoms with Gasteiger partial charge in [-0.1, -0.05) is 33.6 Å². The predicted octanol–water partition coefficient (Wildman–Crippen LogP) is 3.46. The van der Waals surface area contributed by atoms with Crippen molar-refractivity contribution in [1.82, 2.24) is 4.90 Å². The van der Waals surface area contributed by atoms with E-state index >= 15 is 0 Å². The second kappa shape index (κ2) is 6.93. The summed E-state index contributed by atoms with van der Waals surface area (Å²) >= 11 is 0. The highest BCUT2D eigenvalue weighted by Crippen LogP contribution is 2.22. The summed E-state index contributed by atoms with van der Waals surface area (Å²) in [5.74, 6) is 1.53. The summed E-state index contributed by atoms with van der Waals surface area (Å²) in [5, 5.41) is 0.